The van der Waals surface area contributed by atoms with E-state index in [0.29, 0.717) is 35.1 Å². The number of nitrogens with zero attached hydrogens (tertiary/aromatic N) is 2. The number of aromatic nitrogens is 1. The minimum atomic E-state index is -1.30. The van der Waals surface area contributed by atoms with Gasteiger partial charge in [0.1, 0.15) is 23.8 Å². The van der Waals surface area contributed by atoms with Crippen molar-refractivity contribution >= 4 is 35.2 Å². The number of halogens is 1. The third kappa shape index (κ3) is 6.80. The highest BCUT2D eigenvalue weighted by Crippen LogP contribution is 2.29. The van der Waals surface area contributed by atoms with Crippen LogP contribution in [0, 0.1) is 5.41 Å². The third-order valence-corrected chi connectivity index (χ3v) is 6.87. The second-order valence-corrected chi connectivity index (χ2v) is 9.77. The van der Waals surface area contributed by atoms with Crippen molar-refractivity contribution in [3.63, 3.8) is 0 Å². The zero-order valence-corrected chi connectivity index (χ0v) is 23.2. The van der Waals surface area contributed by atoms with Gasteiger partial charge in [0.2, 0.25) is 5.88 Å². The Morgan fingerprint density at radius 2 is 2.10 bits per heavy atom. The largest absolute Gasteiger partial charge is 0.487 e. The predicted molar refractivity (Wildman–Crippen MR) is 155 cm³/mol. The number of fused-ring (bicyclic) bond motifs is 1. The number of carboxylic acid groups (broad SMARTS) is 1. The lowest BCUT2D eigenvalue weighted by atomic mass is 9.96. The van der Waals surface area contributed by atoms with Crippen molar-refractivity contribution in [3.05, 3.63) is 100 Å². The van der Waals surface area contributed by atoms with E-state index in [2.05, 4.69) is 46.6 Å². The van der Waals surface area contributed by atoms with E-state index in [-0.39, 0.29) is 29.7 Å². The molecule has 0 saturated carbocycles. The van der Waals surface area contributed by atoms with Gasteiger partial charge in [-0.05, 0) is 42.2 Å². The van der Waals surface area contributed by atoms with Gasteiger partial charge in [-0.2, -0.15) is 0 Å². The van der Waals surface area contributed by atoms with E-state index in [1.807, 2.05) is 0 Å². The average Bonchev–Trinajstić information content (AvgIpc) is 2.90. The number of allylic oxidation sites excluding steroid dienone is 3. The molecule has 0 unspecified atom stereocenters. The van der Waals surface area contributed by atoms with Crippen molar-refractivity contribution < 1.29 is 24.1 Å². The van der Waals surface area contributed by atoms with Crippen molar-refractivity contribution in [1.29, 1.82) is 5.41 Å². The fourth-order valence-corrected chi connectivity index (χ4v) is 4.71. The van der Waals surface area contributed by atoms with Gasteiger partial charge in [-0.15, -0.1) is 0 Å². The fourth-order valence-electron chi connectivity index (χ4n) is 4.56. The highest BCUT2D eigenvalue weighted by molar-refractivity contribution is 6.32. The van der Waals surface area contributed by atoms with Crippen LogP contribution in [-0.4, -0.2) is 59.6 Å². The lowest BCUT2D eigenvalue weighted by Crippen LogP contribution is -2.50. The summed E-state index contributed by atoms with van der Waals surface area (Å²) in [5.74, 6) is -0.747. The van der Waals surface area contributed by atoms with Crippen molar-refractivity contribution in [2.75, 3.05) is 31.7 Å². The maximum absolute atomic E-state index is 11.5. The summed E-state index contributed by atoms with van der Waals surface area (Å²) in [4.78, 5) is 18.6. The average molecular weight is 565 g/mol. The van der Waals surface area contributed by atoms with Crippen LogP contribution in [0.1, 0.15) is 29.3 Å². The van der Waals surface area contributed by atoms with E-state index in [1.54, 1.807) is 31.2 Å². The van der Waals surface area contributed by atoms with Crippen LogP contribution in [0.4, 0.5) is 5.82 Å². The van der Waals surface area contributed by atoms with Gasteiger partial charge < -0.3 is 30.0 Å². The quantitative estimate of drug-likeness (QED) is 0.133. The Morgan fingerprint density at radius 1 is 1.30 bits per heavy atom. The molecular weight excluding hydrogens is 532 g/mol. The minimum Gasteiger partial charge on any atom is -0.487 e. The normalized spacial score (nSPS) is 16.4. The van der Waals surface area contributed by atoms with E-state index >= 15 is 0 Å². The summed E-state index contributed by atoms with van der Waals surface area (Å²) in [6.45, 7) is 13.6. The number of aliphatic carboxylic acids is 1. The van der Waals surface area contributed by atoms with Crippen LogP contribution < -0.4 is 5.32 Å². The number of carbonyl (C=O) groups is 1. The molecule has 0 bridgehead atoms. The highest BCUT2D eigenvalue weighted by Gasteiger charge is 2.28. The first-order chi connectivity index (χ1) is 19.3. The monoisotopic (exact) mass is 564 g/mol. The van der Waals surface area contributed by atoms with Crippen LogP contribution in [0.2, 0.25) is 0 Å². The van der Waals surface area contributed by atoms with Crippen molar-refractivity contribution in [2.45, 2.75) is 32.5 Å². The SMILES string of the molecule is C=C/C(=C(/OCc1ccc2c(c1)CCN(C1COC1)C2)C(=C)Cl)c1cccc(N/C(OCC)=C(\C=N)C(=O)O)n1. The van der Waals surface area contributed by atoms with Crippen molar-refractivity contribution in [3.8, 4) is 0 Å². The van der Waals surface area contributed by atoms with E-state index in [9.17, 15) is 9.90 Å². The first-order valence-electron chi connectivity index (χ1n) is 13.0. The molecule has 40 heavy (non-hydrogen) atoms. The van der Waals surface area contributed by atoms with Gasteiger partial charge in [-0.25, -0.2) is 9.78 Å². The Morgan fingerprint density at radius 3 is 2.73 bits per heavy atom. The smallest absolute Gasteiger partial charge is 0.342 e. The number of benzene rings is 1. The lowest BCUT2D eigenvalue weighted by Gasteiger charge is -2.40. The molecule has 0 atom stereocenters. The number of ether oxygens (including phenoxy) is 3. The molecule has 1 saturated heterocycles. The van der Waals surface area contributed by atoms with Gasteiger partial charge in [0.05, 0.1) is 36.6 Å². The second kappa shape index (κ2) is 13.4. The summed E-state index contributed by atoms with van der Waals surface area (Å²) in [5, 5.41) is 19.9. The molecule has 9 nitrogen and oxygen atoms in total. The van der Waals surface area contributed by atoms with Gasteiger partial charge in [0, 0.05) is 24.9 Å². The molecule has 1 fully saturated rings. The molecule has 0 amide bonds. The van der Waals surface area contributed by atoms with Crippen LogP contribution in [0.15, 0.2) is 77.9 Å². The summed E-state index contributed by atoms with van der Waals surface area (Å²) < 4.78 is 16.9. The molecule has 0 aliphatic carbocycles. The lowest BCUT2D eigenvalue weighted by molar-refractivity contribution is -0.132. The topological polar surface area (TPSA) is 117 Å². The van der Waals surface area contributed by atoms with Crippen LogP contribution in [-0.2, 0) is 38.6 Å². The number of anilines is 1. The highest BCUT2D eigenvalue weighted by atomic mass is 35.5. The fraction of sp³-hybridized carbons (Fsp3) is 0.300. The first kappa shape index (κ1) is 29.1. The Hall–Kier alpha value is -3.92. The summed E-state index contributed by atoms with van der Waals surface area (Å²) in [6, 6.07) is 12.1. The zero-order valence-electron chi connectivity index (χ0n) is 22.4. The number of carboxylic acids is 1. The Balaban J connectivity index is 1.54. The van der Waals surface area contributed by atoms with Gasteiger partial charge in [-0.1, -0.05) is 55.1 Å². The molecule has 1 aromatic heterocycles. The van der Waals surface area contributed by atoms with Gasteiger partial charge >= 0.3 is 5.97 Å². The summed E-state index contributed by atoms with van der Waals surface area (Å²) in [7, 11) is 0. The summed E-state index contributed by atoms with van der Waals surface area (Å²) in [5.41, 5.74) is 4.33. The molecule has 2 aliphatic rings. The summed E-state index contributed by atoms with van der Waals surface area (Å²) in [6.07, 6.45) is 3.27. The van der Waals surface area contributed by atoms with E-state index in [4.69, 9.17) is 31.2 Å². The zero-order chi connectivity index (χ0) is 28.6. The van der Waals surface area contributed by atoms with Crippen molar-refractivity contribution in [1.82, 2.24) is 9.88 Å². The maximum Gasteiger partial charge on any atom is 0.342 e. The molecule has 1 aromatic carbocycles. The molecule has 0 spiro atoms. The molecule has 0 radical (unpaired) electrons. The first-order valence-corrected chi connectivity index (χ1v) is 13.3. The molecule has 3 N–H and O–H groups in total. The van der Waals surface area contributed by atoms with Gasteiger partial charge in [0.15, 0.2) is 0 Å². The van der Waals surface area contributed by atoms with Crippen LogP contribution in [0.5, 0.6) is 0 Å². The Kier molecular flexibility index (Phi) is 9.76. The van der Waals surface area contributed by atoms with Gasteiger partial charge in [-0.3, -0.25) is 4.90 Å². The molecule has 4 rings (SSSR count). The molecule has 2 aliphatic heterocycles. The number of nitrogens with one attached hydrogen (secondary N) is 2. The number of hydrogen-bond donors (Lipinski definition) is 3. The van der Waals surface area contributed by atoms with Crippen LogP contribution >= 0.6 is 11.6 Å². The van der Waals surface area contributed by atoms with Crippen molar-refractivity contribution in [2.24, 2.45) is 0 Å². The van der Waals surface area contributed by atoms with E-state index < -0.39 is 5.97 Å². The van der Waals surface area contributed by atoms with Crippen LogP contribution in [0.25, 0.3) is 5.57 Å². The second-order valence-electron chi connectivity index (χ2n) is 9.31. The summed E-state index contributed by atoms with van der Waals surface area (Å²) >= 11 is 6.37. The number of pyridine rings is 1. The van der Waals surface area contributed by atoms with E-state index in [1.165, 1.54) is 11.1 Å². The number of rotatable bonds is 13. The van der Waals surface area contributed by atoms with Gasteiger partial charge in [0.25, 0.3) is 0 Å². The predicted octanol–water partition coefficient (Wildman–Crippen LogP) is 5.10. The Bertz CT molecular complexity index is 1370. The molecule has 10 heteroatoms. The molecule has 210 valence electrons. The molecule has 2 aromatic rings. The van der Waals surface area contributed by atoms with Crippen LogP contribution in [0.3, 0.4) is 0 Å². The van der Waals surface area contributed by atoms with E-state index in [0.717, 1.165) is 38.3 Å². The Labute approximate surface area is 238 Å². The third-order valence-electron chi connectivity index (χ3n) is 6.70. The standard InChI is InChI=1S/C30H33ClN4O5/c1-4-24(26-7-6-8-27(33-26)34-29(39-5-2)25(14-32)30(36)37)28(19(3)31)40-16-20-9-10-22-15-35(23-17-38-18-23)12-11-21(22)13-20/h4,6-10,13-14,23,32H,1,3,5,11-12,15-18H2,2H3,(H,33,34)(H,36,37)/b28-24-,29-25-,32-14?. The molecular formula is C30H33ClN4O5. The number of hydrogen-bond acceptors (Lipinski definition) is 8. The molecule has 3 heterocycles. The maximum atomic E-state index is 11.5. The minimum absolute atomic E-state index is 0.0893.